The number of carbonyl (C=O) groups excluding carboxylic acids is 1. The van der Waals surface area contributed by atoms with Crippen molar-refractivity contribution in [3.63, 3.8) is 0 Å². The summed E-state index contributed by atoms with van der Waals surface area (Å²) in [7, 11) is 1.94. The van der Waals surface area contributed by atoms with E-state index in [2.05, 4.69) is 34.3 Å². The third-order valence-corrected chi connectivity index (χ3v) is 5.61. The van der Waals surface area contributed by atoms with Gasteiger partial charge in [0.2, 0.25) is 0 Å². The first kappa shape index (κ1) is 18.4. The summed E-state index contributed by atoms with van der Waals surface area (Å²) in [6.07, 6.45) is 0. The normalized spacial score (nSPS) is 11.1. The smallest absolute Gasteiger partial charge is 0.259 e. The lowest BCUT2D eigenvalue weighted by Gasteiger charge is -2.09. The standard InChI is InChI=1S/C17H20N6OS2/c1-9(2)14-21-22-17(23(14)4)26-11-5-6-13(18)12(7-11)15(24)20-16-19-10(3)8-25-16/h5-9H,18H2,1-4H3,(H,19,20,24). The number of nitrogens with two attached hydrogens (primary N) is 1. The number of nitrogens with one attached hydrogen (secondary N) is 1. The number of anilines is 2. The number of nitrogens with zero attached hydrogens (tertiary/aromatic N) is 4. The molecule has 3 aromatic rings. The summed E-state index contributed by atoms with van der Waals surface area (Å²) in [5.41, 5.74) is 7.69. The number of nitrogen functional groups attached to an aromatic ring is 1. The molecule has 0 saturated carbocycles. The lowest BCUT2D eigenvalue weighted by atomic mass is 10.1. The van der Waals surface area contributed by atoms with E-state index in [0.717, 1.165) is 21.6 Å². The van der Waals surface area contributed by atoms with Crippen molar-refractivity contribution in [1.29, 1.82) is 0 Å². The number of amides is 1. The zero-order valence-corrected chi connectivity index (χ0v) is 16.6. The summed E-state index contributed by atoms with van der Waals surface area (Å²) in [5, 5.41) is 14.4. The molecule has 26 heavy (non-hydrogen) atoms. The Morgan fingerprint density at radius 3 is 2.73 bits per heavy atom. The molecule has 2 aromatic heterocycles. The van der Waals surface area contributed by atoms with Gasteiger partial charge in [-0.25, -0.2) is 4.98 Å². The van der Waals surface area contributed by atoms with Gasteiger partial charge in [-0.15, -0.1) is 21.5 Å². The molecule has 0 fully saturated rings. The van der Waals surface area contributed by atoms with Crippen molar-refractivity contribution >= 4 is 39.8 Å². The first-order chi connectivity index (χ1) is 12.3. The van der Waals surface area contributed by atoms with E-state index >= 15 is 0 Å². The largest absolute Gasteiger partial charge is 0.398 e. The lowest BCUT2D eigenvalue weighted by molar-refractivity contribution is 0.102. The molecule has 0 unspecified atom stereocenters. The lowest BCUT2D eigenvalue weighted by Crippen LogP contribution is -2.14. The molecule has 7 nitrogen and oxygen atoms in total. The molecule has 3 rings (SSSR count). The van der Waals surface area contributed by atoms with Crippen LogP contribution in [0.1, 0.15) is 41.6 Å². The van der Waals surface area contributed by atoms with E-state index in [1.165, 1.54) is 23.1 Å². The second-order valence-corrected chi connectivity index (χ2v) is 8.05. The van der Waals surface area contributed by atoms with Crippen molar-refractivity contribution in [2.24, 2.45) is 7.05 Å². The van der Waals surface area contributed by atoms with Crippen LogP contribution < -0.4 is 11.1 Å². The summed E-state index contributed by atoms with van der Waals surface area (Å²) in [4.78, 5) is 17.7. The van der Waals surface area contributed by atoms with E-state index in [9.17, 15) is 4.79 Å². The van der Waals surface area contributed by atoms with Gasteiger partial charge in [0.05, 0.1) is 11.3 Å². The molecule has 0 aliphatic carbocycles. The van der Waals surface area contributed by atoms with Crippen LogP contribution in [0.4, 0.5) is 10.8 Å². The number of rotatable bonds is 5. The van der Waals surface area contributed by atoms with Gasteiger partial charge in [0.1, 0.15) is 5.82 Å². The van der Waals surface area contributed by atoms with Crippen molar-refractivity contribution in [2.75, 3.05) is 11.1 Å². The molecule has 136 valence electrons. The van der Waals surface area contributed by atoms with Crippen LogP contribution in [0.5, 0.6) is 0 Å². The number of benzene rings is 1. The van der Waals surface area contributed by atoms with Crippen LogP contribution in [-0.2, 0) is 7.05 Å². The number of hydrogen-bond acceptors (Lipinski definition) is 7. The molecule has 0 spiro atoms. The quantitative estimate of drug-likeness (QED) is 0.647. The molecule has 2 heterocycles. The van der Waals surface area contributed by atoms with Crippen LogP contribution in [0.25, 0.3) is 0 Å². The van der Waals surface area contributed by atoms with Gasteiger partial charge in [-0.1, -0.05) is 13.8 Å². The van der Waals surface area contributed by atoms with Crippen LogP contribution >= 0.6 is 23.1 Å². The molecule has 1 amide bonds. The molecule has 0 aliphatic heterocycles. The Morgan fingerprint density at radius 2 is 2.12 bits per heavy atom. The van der Waals surface area contributed by atoms with Crippen molar-refractivity contribution in [1.82, 2.24) is 19.7 Å². The van der Waals surface area contributed by atoms with Crippen molar-refractivity contribution in [3.05, 3.63) is 40.7 Å². The van der Waals surface area contributed by atoms with Crippen LogP contribution in [0.2, 0.25) is 0 Å². The third-order valence-electron chi connectivity index (χ3n) is 3.70. The van der Waals surface area contributed by atoms with Crippen molar-refractivity contribution in [3.8, 4) is 0 Å². The van der Waals surface area contributed by atoms with Gasteiger partial charge in [0.15, 0.2) is 10.3 Å². The fourth-order valence-corrected chi connectivity index (χ4v) is 3.91. The Bertz CT molecular complexity index is 947. The molecular formula is C17H20N6OS2. The van der Waals surface area contributed by atoms with Crippen LogP contribution in [-0.4, -0.2) is 25.7 Å². The van der Waals surface area contributed by atoms with Gasteiger partial charge >= 0.3 is 0 Å². The number of thiazole rings is 1. The van der Waals surface area contributed by atoms with Gasteiger partial charge in [-0.2, -0.15) is 0 Å². The molecule has 9 heteroatoms. The van der Waals surface area contributed by atoms with Gasteiger partial charge < -0.3 is 10.3 Å². The van der Waals surface area contributed by atoms with Crippen LogP contribution in [0.15, 0.2) is 33.6 Å². The van der Waals surface area contributed by atoms with Crippen LogP contribution in [0.3, 0.4) is 0 Å². The monoisotopic (exact) mass is 388 g/mol. The topological polar surface area (TPSA) is 98.7 Å². The predicted octanol–water partition coefficient (Wildman–Crippen LogP) is 3.69. The Morgan fingerprint density at radius 1 is 1.35 bits per heavy atom. The highest BCUT2D eigenvalue weighted by molar-refractivity contribution is 7.99. The average molecular weight is 389 g/mol. The number of carbonyl (C=O) groups is 1. The predicted molar refractivity (Wildman–Crippen MR) is 105 cm³/mol. The third kappa shape index (κ3) is 3.88. The first-order valence-electron chi connectivity index (χ1n) is 8.05. The van der Waals surface area contributed by atoms with Gasteiger partial charge in [0.25, 0.3) is 5.91 Å². The summed E-state index contributed by atoms with van der Waals surface area (Å²) in [6.45, 7) is 6.03. The van der Waals surface area contributed by atoms with E-state index in [0.29, 0.717) is 16.4 Å². The van der Waals surface area contributed by atoms with Gasteiger partial charge in [-0.3, -0.25) is 10.1 Å². The number of aromatic nitrogens is 4. The van der Waals surface area contributed by atoms with E-state index in [1.807, 2.05) is 30.0 Å². The molecular weight excluding hydrogens is 368 g/mol. The molecule has 0 bridgehead atoms. The Kier molecular flexibility index (Phi) is 5.28. The maximum atomic E-state index is 12.5. The molecule has 0 aliphatic rings. The summed E-state index contributed by atoms with van der Waals surface area (Å²) < 4.78 is 1.96. The highest BCUT2D eigenvalue weighted by Crippen LogP contribution is 2.30. The fourth-order valence-electron chi connectivity index (χ4n) is 2.39. The Labute approximate surface area is 160 Å². The number of hydrogen-bond donors (Lipinski definition) is 2. The average Bonchev–Trinajstić information content (AvgIpc) is 3.15. The zero-order valence-electron chi connectivity index (χ0n) is 15.0. The van der Waals surface area contributed by atoms with E-state index < -0.39 is 0 Å². The highest BCUT2D eigenvalue weighted by atomic mass is 32.2. The molecule has 0 radical (unpaired) electrons. The van der Waals surface area contributed by atoms with E-state index in [4.69, 9.17) is 5.73 Å². The summed E-state index contributed by atoms with van der Waals surface area (Å²) >= 11 is 2.83. The Hall–Kier alpha value is -2.39. The minimum absolute atomic E-state index is 0.278. The Balaban J connectivity index is 1.82. The van der Waals surface area contributed by atoms with Crippen molar-refractivity contribution < 1.29 is 4.79 Å². The minimum Gasteiger partial charge on any atom is -0.398 e. The highest BCUT2D eigenvalue weighted by Gasteiger charge is 2.16. The zero-order chi connectivity index (χ0) is 18.8. The minimum atomic E-state index is -0.278. The van der Waals surface area contributed by atoms with Gasteiger partial charge in [-0.05, 0) is 36.9 Å². The SMILES string of the molecule is Cc1csc(NC(=O)c2cc(Sc3nnc(C(C)C)n3C)ccc2N)n1. The molecule has 3 N–H and O–H groups in total. The maximum absolute atomic E-state index is 12.5. The fraction of sp³-hybridized carbons (Fsp3) is 0.294. The second kappa shape index (κ2) is 7.46. The van der Waals surface area contributed by atoms with Crippen molar-refractivity contribution in [2.45, 2.75) is 36.7 Å². The second-order valence-electron chi connectivity index (χ2n) is 6.15. The van der Waals surface area contributed by atoms with E-state index in [-0.39, 0.29) is 11.8 Å². The van der Waals surface area contributed by atoms with Gasteiger partial charge in [0, 0.05) is 28.9 Å². The number of aryl methyl sites for hydroxylation is 1. The molecule has 0 saturated heterocycles. The molecule has 0 atom stereocenters. The van der Waals surface area contributed by atoms with Crippen LogP contribution in [0, 0.1) is 6.92 Å². The first-order valence-corrected chi connectivity index (χ1v) is 9.75. The summed E-state index contributed by atoms with van der Waals surface area (Å²) in [5.74, 6) is 0.927. The maximum Gasteiger partial charge on any atom is 0.259 e. The molecule has 1 aromatic carbocycles. The summed E-state index contributed by atoms with van der Waals surface area (Å²) in [6, 6.07) is 5.36. The van der Waals surface area contributed by atoms with E-state index in [1.54, 1.807) is 12.1 Å².